The van der Waals surface area contributed by atoms with Gasteiger partial charge in [0.2, 0.25) is 0 Å². The molecule has 0 spiro atoms. The number of hydrogen-bond acceptors (Lipinski definition) is 6. The highest BCUT2D eigenvalue weighted by molar-refractivity contribution is 7.13. The van der Waals surface area contributed by atoms with Gasteiger partial charge in [0, 0.05) is 22.4 Å². The van der Waals surface area contributed by atoms with Crippen molar-refractivity contribution in [1.82, 2.24) is 4.98 Å². The van der Waals surface area contributed by atoms with Crippen LogP contribution in [0.25, 0.3) is 32.8 Å². The van der Waals surface area contributed by atoms with Crippen LogP contribution in [0.3, 0.4) is 0 Å². The van der Waals surface area contributed by atoms with Gasteiger partial charge in [-0.1, -0.05) is 49.6 Å². The molecule has 0 aliphatic heterocycles. The molecule has 0 radical (unpaired) electrons. The smallest absolute Gasteiger partial charge is 0.346 e. The zero-order valence-electron chi connectivity index (χ0n) is 16.9. The molecule has 1 aliphatic rings. The van der Waals surface area contributed by atoms with Gasteiger partial charge in [0.25, 0.3) is 0 Å². The lowest BCUT2D eigenvalue weighted by Crippen LogP contribution is -2.22. The number of esters is 1. The average Bonchev–Trinajstić information content (AvgIpc) is 3.30. The van der Waals surface area contributed by atoms with Gasteiger partial charge in [0.05, 0.1) is 17.2 Å². The van der Waals surface area contributed by atoms with E-state index in [9.17, 15) is 9.59 Å². The number of rotatable bonds is 4. The van der Waals surface area contributed by atoms with E-state index in [0.717, 1.165) is 42.3 Å². The second kappa shape index (κ2) is 8.47. The lowest BCUT2D eigenvalue weighted by molar-refractivity contribution is -0.139. The minimum Gasteiger partial charge on any atom is -0.426 e. The minimum absolute atomic E-state index is 0.0393. The van der Waals surface area contributed by atoms with Crippen LogP contribution in [0.2, 0.25) is 0 Å². The molecule has 2 heterocycles. The fraction of sp³-hybridized carbons (Fsp3) is 0.240. The Hall–Kier alpha value is -3.25. The number of carbonyl (C=O) groups is 1. The third-order valence-corrected chi connectivity index (χ3v) is 6.54. The fourth-order valence-electron chi connectivity index (χ4n) is 3.98. The third kappa shape index (κ3) is 4.16. The van der Waals surface area contributed by atoms with Crippen LogP contribution in [0.15, 0.2) is 69.2 Å². The number of carbonyl (C=O) groups excluding carboxylic acids is 1. The van der Waals surface area contributed by atoms with E-state index in [2.05, 4.69) is 4.98 Å². The predicted octanol–water partition coefficient (Wildman–Crippen LogP) is 6.07. The van der Waals surface area contributed by atoms with Gasteiger partial charge in [-0.05, 0) is 31.0 Å². The van der Waals surface area contributed by atoms with Crippen molar-refractivity contribution in [3.05, 3.63) is 70.4 Å². The number of aromatic nitrogens is 1. The topological polar surface area (TPSA) is 69.4 Å². The Morgan fingerprint density at radius 2 is 1.84 bits per heavy atom. The van der Waals surface area contributed by atoms with Gasteiger partial charge in [-0.15, -0.1) is 11.3 Å². The summed E-state index contributed by atoms with van der Waals surface area (Å²) in [5.41, 5.74) is 2.18. The first-order valence-electron chi connectivity index (χ1n) is 10.5. The summed E-state index contributed by atoms with van der Waals surface area (Å²) in [5.74, 6) is 0.163. The van der Waals surface area contributed by atoms with Crippen LogP contribution in [0.5, 0.6) is 5.75 Å². The van der Waals surface area contributed by atoms with Crippen LogP contribution in [0.4, 0.5) is 0 Å². The second-order valence-corrected chi connectivity index (χ2v) is 8.67. The van der Waals surface area contributed by atoms with Gasteiger partial charge in [-0.2, -0.15) is 0 Å². The fourth-order valence-corrected chi connectivity index (χ4v) is 4.81. The van der Waals surface area contributed by atoms with Crippen LogP contribution in [0, 0.1) is 5.92 Å². The lowest BCUT2D eigenvalue weighted by Gasteiger charge is -2.19. The maximum atomic E-state index is 12.7. The zero-order chi connectivity index (χ0) is 21.2. The largest absolute Gasteiger partial charge is 0.426 e. The molecule has 5 rings (SSSR count). The van der Waals surface area contributed by atoms with Crippen LogP contribution in [-0.4, -0.2) is 11.0 Å². The molecule has 0 bridgehead atoms. The molecule has 0 saturated heterocycles. The summed E-state index contributed by atoms with van der Waals surface area (Å²) in [6.45, 7) is 0. The van der Waals surface area contributed by atoms with Crippen LogP contribution >= 0.6 is 11.3 Å². The van der Waals surface area contributed by atoms with Crippen molar-refractivity contribution >= 4 is 28.3 Å². The summed E-state index contributed by atoms with van der Waals surface area (Å²) >= 11 is 1.41. The highest BCUT2D eigenvalue weighted by atomic mass is 32.1. The van der Waals surface area contributed by atoms with E-state index >= 15 is 0 Å². The van der Waals surface area contributed by atoms with Crippen LogP contribution < -0.4 is 10.4 Å². The quantitative estimate of drug-likeness (QED) is 0.223. The second-order valence-electron chi connectivity index (χ2n) is 7.81. The first-order chi connectivity index (χ1) is 15.2. The molecule has 0 unspecified atom stereocenters. The van der Waals surface area contributed by atoms with Gasteiger partial charge < -0.3 is 9.15 Å². The molecule has 0 amide bonds. The third-order valence-electron chi connectivity index (χ3n) is 5.67. The molecule has 0 atom stereocenters. The highest BCUT2D eigenvalue weighted by Gasteiger charge is 2.23. The first kappa shape index (κ1) is 19.7. The van der Waals surface area contributed by atoms with E-state index in [1.54, 1.807) is 24.3 Å². The van der Waals surface area contributed by atoms with Crippen LogP contribution in [-0.2, 0) is 4.79 Å². The maximum Gasteiger partial charge on any atom is 0.346 e. The molecular weight excluding hydrogens is 410 g/mol. The van der Waals surface area contributed by atoms with Crippen molar-refractivity contribution in [1.29, 1.82) is 0 Å². The summed E-state index contributed by atoms with van der Waals surface area (Å²) in [5, 5.41) is 3.30. The summed E-state index contributed by atoms with van der Waals surface area (Å²) in [4.78, 5) is 29.7. The molecule has 2 aromatic carbocycles. The summed E-state index contributed by atoms with van der Waals surface area (Å²) in [7, 11) is 0. The molecule has 156 valence electrons. The van der Waals surface area contributed by atoms with Gasteiger partial charge in [0.1, 0.15) is 16.3 Å². The Morgan fingerprint density at radius 3 is 2.65 bits per heavy atom. The van der Waals surface area contributed by atoms with Crippen molar-refractivity contribution in [3.8, 4) is 27.6 Å². The Labute approximate surface area is 183 Å². The molecule has 5 nitrogen and oxygen atoms in total. The Bertz CT molecular complexity index is 1290. The van der Waals surface area contributed by atoms with Gasteiger partial charge in [-0.25, -0.2) is 9.78 Å². The van der Waals surface area contributed by atoms with E-state index < -0.39 is 5.63 Å². The highest BCUT2D eigenvalue weighted by Crippen LogP contribution is 2.30. The van der Waals surface area contributed by atoms with E-state index in [4.69, 9.17) is 9.15 Å². The molecule has 31 heavy (non-hydrogen) atoms. The zero-order valence-corrected chi connectivity index (χ0v) is 17.7. The summed E-state index contributed by atoms with van der Waals surface area (Å²) in [6.07, 6.45) is 5.07. The standard InChI is InChI=1S/C25H21NO4S/c27-24(17-9-5-2-6-10-17)29-19-12-11-18-13-20(25(28)30-22(18)14-19)23-26-21(15-31-23)16-7-3-1-4-8-16/h1,3-4,7-8,11-15,17H,2,5-6,9-10H2. The van der Waals surface area contributed by atoms with Crippen molar-refractivity contribution in [2.24, 2.45) is 5.92 Å². The monoisotopic (exact) mass is 431 g/mol. The number of nitrogens with zero attached hydrogens (tertiary/aromatic N) is 1. The lowest BCUT2D eigenvalue weighted by atomic mass is 9.89. The molecule has 1 aliphatic carbocycles. The first-order valence-corrected chi connectivity index (χ1v) is 11.4. The molecule has 2 aromatic heterocycles. The van der Waals surface area contributed by atoms with E-state index in [0.29, 0.717) is 21.9 Å². The molecular formula is C25H21NO4S. The Kier molecular flexibility index (Phi) is 5.38. The normalized spacial score (nSPS) is 14.6. The number of hydrogen-bond donors (Lipinski definition) is 0. The van der Waals surface area contributed by atoms with Crippen molar-refractivity contribution in [2.75, 3.05) is 0 Å². The van der Waals surface area contributed by atoms with E-state index in [1.807, 2.05) is 35.7 Å². The number of ether oxygens (including phenoxy) is 1. The Morgan fingerprint density at radius 1 is 1.03 bits per heavy atom. The number of benzene rings is 2. The van der Waals surface area contributed by atoms with Gasteiger partial charge in [0.15, 0.2) is 0 Å². The number of fused-ring (bicyclic) bond motifs is 1. The maximum absolute atomic E-state index is 12.7. The molecule has 1 fully saturated rings. The minimum atomic E-state index is -0.461. The molecule has 0 N–H and O–H groups in total. The SMILES string of the molecule is O=C(Oc1ccc2cc(-c3nc(-c4ccccc4)cs3)c(=O)oc2c1)C1CCCCC1. The van der Waals surface area contributed by atoms with Crippen molar-refractivity contribution in [3.63, 3.8) is 0 Å². The van der Waals surface area contributed by atoms with Gasteiger partial charge >= 0.3 is 11.6 Å². The van der Waals surface area contributed by atoms with Crippen molar-refractivity contribution in [2.45, 2.75) is 32.1 Å². The Balaban J connectivity index is 1.41. The number of thiazole rings is 1. The van der Waals surface area contributed by atoms with Crippen molar-refractivity contribution < 1.29 is 13.9 Å². The van der Waals surface area contributed by atoms with E-state index in [1.165, 1.54) is 17.8 Å². The van der Waals surface area contributed by atoms with Gasteiger partial charge in [-0.3, -0.25) is 4.79 Å². The molecule has 4 aromatic rings. The molecule has 6 heteroatoms. The summed E-state index contributed by atoms with van der Waals surface area (Å²) < 4.78 is 11.1. The van der Waals surface area contributed by atoms with E-state index in [-0.39, 0.29) is 11.9 Å². The predicted molar refractivity (Wildman–Crippen MR) is 121 cm³/mol. The molecule has 1 saturated carbocycles. The van der Waals surface area contributed by atoms with Crippen LogP contribution in [0.1, 0.15) is 32.1 Å². The summed E-state index contributed by atoms with van der Waals surface area (Å²) in [6, 6.07) is 16.8. The average molecular weight is 432 g/mol.